The minimum Gasteiger partial charge on any atom is -0.744 e. The van der Waals surface area contributed by atoms with Gasteiger partial charge in [-0.15, -0.1) is 0 Å². The predicted octanol–water partition coefficient (Wildman–Crippen LogP) is 2.43. The Bertz CT molecular complexity index is 715. The lowest BCUT2D eigenvalue weighted by molar-refractivity contribution is -0.923. The highest BCUT2D eigenvalue weighted by Crippen LogP contribution is 2.09. The van der Waals surface area contributed by atoms with Crippen LogP contribution < -0.4 is 0 Å². The first-order chi connectivity index (χ1) is 11.9. The van der Waals surface area contributed by atoms with Gasteiger partial charge in [0.25, 0.3) is 10.1 Å². The van der Waals surface area contributed by atoms with Crippen LogP contribution in [0.4, 0.5) is 0 Å². The Balaban J connectivity index is 0.000000502. The molecule has 0 aliphatic rings. The second-order valence-electron chi connectivity index (χ2n) is 6.27. The molecule has 0 saturated heterocycles. The molecule has 7 nitrogen and oxygen atoms in total. The molecule has 0 heterocycles. The van der Waals surface area contributed by atoms with Crippen molar-refractivity contribution in [1.29, 1.82) is 0 Å². The van der Waals surface area contributed by atoms with Gasteiger partial charge in [-0.3, -0.25) is 4.55 Å². The van der Waals surface area contributed by atoms with Crippen molar-refractivity contribution in [3.8, 4) is 0 Å². The van der Waals surface area contributed by atoms with E-state index in [-0.39, 0.29) is 10.6 Å². The number of unbranched alkanes of at least 4 members (excludes halogenated alkanes) is 1. The zero-order valence-electron chi connectivity index (χ0n) is 16.0. The van der Waals surface area contributed by atoms with Gasteiger partial charge < -0.3 is 9.04 Å². The van der Waals surface area contributed by atoms with Crippen LogP contribution in [0.1, 0.15) is 39.2 Å². The highest BCUT2D eigenvalue weighted by atomic mass is 32.2. The Morgan fingerprint density at radius 1 is 0.923 bits per heavy atom. The fourth-order valence-corrected chi connectivity index (χ4v) is 3.62. The molecule has 0 spiro atoms. The van der Waals surface area contributed by atoms with Crippen molar-refractivity contribution in [1.82, 2.24) is 0 Å². The molecule has 0 aromatic heterocycles. The molecule has 0 aliphatic heterocycles. The van der Waals surface area contributed by atoms with E-state index in [9.17, 15) is 21.4 Å². The van der Waals surface area contributed by atoms with Gasteiger partial charge in [0.15, 0.2) is 0 Å². The molecule has 1 aromatic rings. The molecule has 152 valence electrons. The van der Waals surface area contributed by atoms with Crippen LogP contribution in [-0.2, 0) is 20.2 Å². The lowest BCUT2D eigenvalue weighted by Gasteiger charge is -2.35. The minimum absolute atomic E-state index is 0.107. The first-order valence-electron chi connectivity index (χ1n) is 8.72. The maximum Gasteiger partial charge on any atom is 0.264 e. The van der Waals surface area contributed by atoms with E-state index in [0.29, 0.717) is 6.42 Å². The molecule has 1 aromatic carbocycles. The van der Waals surface area contributed by atoms with E-state index in [2.05, 4.69) is 20.8 Å². The number of benzene rings is 1. The zero-order valence-corrected chi connectivity index (χ0v) is 17.6. The zero-order chi connectivity index (χ0) is 20.4. The monoisotopic (exact) mass is 409 g/mol. The smallest absolute Gasteiger partial charge is 0.264 e. The SMILES string of the molecule is CC[N+](CC)(CC)CCCCS(=O)(=O)O.Cc1ccc(S(=O)(=O)[O-])cc1. The summed E-state index contributed by atoms with van der Waals surface area (Å²) in [6.07, 6.45) is 1.41. The number of hydrogen-bond acceptors (Lipinski definition) is 5. The van der Waals surface area contributed by atoms with Crippen molar-refractivity contribution in [2.24, 2.45) is 0 Å². The van der Waals surface area contributed by atoms with Gasteiger partial charge >= 0.3 is 0 Å². The van der Waals surface area contributed by atoms with Crippen LogP contribution >= 0.6 is 0 Å². The Kier molecular flexibility index (Phi) is 10.6. The van der Waals surface area contributed by atoms with Crippen molar-refractivity contribution in [3.05, 3.63) is 29.8 Å². The summed E-state index contributed by atoms with van der Waals surface area (Å²) in [6.45, 7) is 12.6. The van der Waals surface area contributed by atoms with Crippen LogP contribution in [0, 0.1) is 6.92 Å². The van der Waals surface area contributed by atoms with E-state index in [1.165, 1.54) is 12.1 Å². The summed E-state index contributed by atoms with van der Waals surface area (Å²) in [5.74, 6) is -0.107. The van der Waals surface area contributed by atoms with E-state index in [1.807, 2.05) is 6.92 Å². The Labute approximate surface area is 158 Å². The van der Waals surface area contributed by atoms with Crippen LogP contribution in [0.25, 0.3) is 0 Å². The van der Waals surface area contributed by atoms with E-state index >= 15 is 0 Å². The molecule has 1 rings (SSSR count). The third-order valence-electron chi connectivity index (χ3n) is 4.61. The highest BCUT2D eigenvalue weighted by molar-refractivity contribution is 7.86. The van der Waals surface area contributed by atoms with Crippen LogP contribution in [-0.4, -0.2) is 62.4 Å². The molecule has 0 fully saturated rings. The van der Waals surface area contributed by atoms with Gasteiger partial charge in [0.2, 0.25) is 0 Å². The summed E-state index contributed by atoms with van der Waals surface area (Å²) in [5, 5.41) is 0. The molecule has 0 saturated carbocycles. The van der Waals surface area contributed by atoms with E-state index < -0.39 is 20.2 Å². The topological polar surface area (TPSA) is 112 Å². The molecule has 0 aliphatic carbocycles. The lowest BCUT2D eigenvalue weighted by Crippen LogP contribution is -2.48. The largest absolute Gasteiger partial charge is 0.744 e. The first-order valence-corrected chi connectivity index (χ1v) is 11.7. The van der Waals surface area contributed by atoms with Crippen LogP contribution in [0.5, 0.6) is 0 Å². The summed E-state index contributed by atoms with van der Waals surface area (Å²) in [6, 6.07) is 5.78. The number of quaternary nitrogens is 1. The van der Waals surface area contributed by atoms with Crippen LogP contribution in [0.15, 0.2) is 29.2 Å². The molecule has 26 heavy (non-hydrogen) atoms. The molecule has 0 unspecified atom stereocenters. The maximum absolute atomic E-state index is 10.5. The summed E-state index contributed by atoms with van der Waals surface area (Å²) in [5.41, 5.74) is 0.928. The Morgan fingerprint density at radius 3 is 1.73 bits per heavy atom. The number of nitrogens with zero attached hydrogens (tertiary/aromatic N) is 1. The molecule has 0 atom stereocenters. The molecular weight excluding hydrogens is 378 g/mol. The number of rotatable bonds is 9. The van der Waals surface area contributed by atoms with Gasteiger partial charge in [0.1, 0.15) is 10.1 Å². The van der Waals surface area contributed by atoms with Gasteiger partial charge in [-0.1, -0.05) is 17.7 Å². The fourth-order valence-electron chi connectivity index (χ4n) is 2.58. The summed E-state index contributed by atoms with van der Waals surface area (Å²) >= 11 is 0. The molecule has 9 heteroatoms. The second kappa shape index (κ2) is 11.0. The predicted molar refractivity (Wildman–Crippen MR) is 102 cm³/mol. The minimum atomic E-state index is -4.27. The summed E-state index contributed by atoms with van der Waals surface area (Å²) in [7, 11) is -8.04. The molecule has 0 radical (unpaired) electrons. The normalized spacial score (nSPS) is 12.4. The molecule has 0 bridgehead atoms. The van der Waals surface area contributed by atoms with Crippen molar-refractivity contribution in [2.75, 3.05) is 31.9 Å². The summed E-state index contributed by atoms with van der Waals surface area (Å²) < 4.78 is 61.8. The molecule has 0 amide bonds. The molecular formula is C17H31NO6S2. The third kappa shape index (κ3) is 10.2. The van der Waals surface area contributed by atoms with Gasteiger partial charge in [-0.2, -0.15) is 8.42 Å². The quantitative estimate of drug-likeness (QED) is 0.381. The van der Waals surface area contributed by atoms with Crippen LogP contribution in [0.3, 0.4) is 0 Å². The van der Waals surface area contributed by atoms with Crippen molar-refractivity contribution < 1.29 is 30.4 Å². The lowest BCUT2D eigenvalue weighted by atomic mass is 10.2. The van der Waals surface area contributed by atoms with Gasteiger partial charge in [-0.25, -0.2) is 8.42 Å². The first kappa shape index (κ1) is 25.0. The Morgan fingerprint density at radius 2 is 1.38 bits per heavy atom. The second-order valence-corrected chi connectivity index (χ2v) is 9.23. The van der Waals surface area contributed by atoms with Gasteiger partial charge in [0, 0.05) is 0 Å². The van der Waals surface area contributed by atoms with Crippen LogP contribution in [0.2, 0.25) is 0 Å². The number of aryl methyl sites for hydroxylation is 1. The standard InChI is InChI=1S/C10H23NO3S.C7H8O3S/c1-4-11(5-2,6-3)9-7-8-10-15(12,13)14;1-6-2-4-7(5-3-6)11(8,9)10/h4-10H2,1-3H3;2-5H,1H3,(H,8,9,10). The van der Waals surface area contributed by atoms with Crippen molar-refractivity contribution in [2.45, 2.75) is 45.4 Å². The highest BCUT2D eigenvalue weighted by Gasteiger charge is 2.19. The van der Waals surface area contributed by atoms with Gasteiger partial charge in [0.05, 0.1) is 36.8 Å². The number of hydrogen-bond donors (Lipinski definition) is 1. The molecule has 1 N–H and O–H groups in total. The van der Waals surface area contributed by atoms with E-state index in [4.69, 9.17) is 4.55 Å². The van der Waals surface area contributed by atoms with Crippen molar-refractivity contribution >= 4 is 20.2 Å². The summed E-state index contributed by atoms with van der Waals surface area (Å²) in [4.78, 5) is -0.178. The Hall–Kier alpha value is -1.00. The van der Waals surface area contributed by atoms with Gasteiger partial charge in [-0.05, 0) is 52.7 Å². The van der Waals surface area contributed by atoms with Crippen molar-refractivity contribution in [3.63, 3.8) is 0 Å². The maximum atomic E-state index is 10.5. The van der Waals surface area contributed by atoms with E-state index in [0.717, 1.165) is 42.6 Å². The fraction of sp³-hybridized carbons (Fsp3) is 0.647. The van der Waals surface area contributed by atoms with E-state index in [1.54, 1.807) is 12.1 Å². The third-order valence-corrected chi connectivity index (χ3v) is 6.26. The average Bonchev–Trinajstić information content (AvgIpc) is 2.55. The average molecular weight is 410 g/mol.